The predicted molar refractivity (Wildman–Crippen MR) is 102 cm³/mol. The summed E-state index contributed by atoms with van der Waals surface area (Å²) in [6.45, 7) is 0.294. The van der Waals surface area contributed by atoms with Crippen LogP contribution in [0, 0.1) is 11.3 Å². The third-order valence-electron chi connectivity index (χ3n) is 4.19. The van der Waals surface area contributed by atoms with Crippen LogP contribution in [0.25, 0.3) is 16.9 Å². The number of H-pyrrole nitrogens is 1. The topological polar surface area (TPSA) is 121 Å². The van der Waals surface area contributed by atoms with Gasteiger partial charge in [0.1, 0.15) is 17.4 Å². The minimum Gasteiger partial charge on any atom is -0.497 e. The SMILES string of the molecule is COc1ccc(-c2nc(NCc3nnc4ccccn34)[nH]c(=O)c2C#N)cc1. The highest BCUT2D eigenvalue weighted by atomic mass is 16.5. The molecule has 0 amide bonds. The summed E-state index contributed by atoms with van der Waals surface area (Å²) >= 11 is 0. The zero-order valence-corrected chi connectivity index (χ0v) is 14.9. The maximum absolute atomic E-state index is 12.3. The first-order chi connectivity index (χ1) is 13.7. The molecular formula is C19H15N7O2. The molecule has 9 nitrogen and oxygen atoms in total. The standard InChI is InChI=1S/C19H15N7O2/c1-28-13-7-5-12(6-8-13)17-14(10-20)18(27)23-19(22-17)21-11-16-25-24-15-4-2-3-9-26(15)16/h2-9H,11H2,1H3,(H2,21,22,23,27). The van der Waals surface area contributed by atoms with E-state index in [0.717, 1.165) is 5.65 Å². The summed E-state index contributed by atoms with van der Waals surface area (Å²) in [5.41, 5.74) is 1.09. The number of hydrogen-bond acceptors (Lipinski definition) is 7. The van der Waals surface area contributed by atoms with E-state index >= 15 is 0 Å². The largest absolute Gasteiger partial charge is 0.497 e. The van der Waals surface area contributed by atoms with Crippen LogP contribution in [0.1, 0.15) is 11.4 Å². The molecule has 0 spiro atoms. The molecule has 0 atom stereocenters. The highest BCUT2D eigenvalue weighted by Gasteiger charge is 2.14. The summed E-state index contributed by atoms with van der Waals surface area (Å²) in [6, 6.07) is 14.5. The number of fused-ring (bicyclic) bond motifs is 1. The summed E-state index contributed by atoms with van der Waals surface area (Å²) in [5.74, 6) is 1.57. The number of rotatable bonds is 5. The molecular weight excluding hydrogens is 358 g/mol. The van der Waals surface area contributed by atoms with E-state index in [9.17, 15) is 10.1 Å². The number of aromatic amines is 1. The fraction of sp³-hybridized carbons (Fsp3) is 0.105. The van der Waals surface area contributed by atoms with Crippen LogP contribution >= 0.6 is 0 Å². The number of benzene rings is 1. The Morgan fingerprint density at radius 2 is 2.04 bits per heavy atom. The Morgan fingerprint density at radius 1 is 1.21 bits per heavy atom. The molecule has 4 aromatic rings. The zero-order valence-electron chi connectivity index (χ0n) is 14.9. The number of pyridine rings is 1. The monoisotopic (exact) mass is 373 g/mol. The minimum absolute atomic E-state index is 0.0522. The molecule has 4 rings (SSSR count). The van der Waals surface area contributed by atoms with Crippen molar-refractivity contribution in [2.24, 2.45) is 0 Å². The van der Waals surface area contributed by atoms with Crippen LogP contribution in [0.4, 0.5) is 5.95 Å². The Labute approximate surface area is 159 Å². The number of aromatic nitrogens is 5. The van der Waals surface area contributed by atoms with Crippen molar-refractivity contribution in [2.45, 2.75) is 6.54 Å². The molecule has 3 aromatic heterocycles. The predicted octanol–water partition coefficient (Wildman–Crippen LogP) is 1.97. The molecule has 138 valence electrons. The molecule has 0 unspecified atom stereocenters. The van der Waals surface area contributed by atoms with Crippen LogP contribution in [0.5, 0.6) is 5.75 Å². The smallest absolute Gasteiger partial charge is 0.270 e. The summed E-state index contributed by atoms with van der Waals surface area (Å²) in [4.78, 5) is 19.4. The summed E-state index contributed by atoms with van der Waals surface area (Å²) < 4.78 is 6.98. The summed E-state index contributed by atoms with van der Waals surface area (Å²) in [6.07, 6.45) is 1.85. The molecule has 1 aromatic carbocycles. The molecule has 0 saturated heterocycles. The van der Waals surface area contributed by atoms with E-state index in [4.69, 9.17) is 4.74 Å². The molecule has 0 bridgehead atoms. The van der Waals surface area contributed by atoms with E-state index in [-0.39, 0.29) is 11.5 Å². The summed E-state index contributed by atoms with van der Waals surface area (Å²) in [5, 5.41) is 20.6. The fourth-order valence-corrected chi connectivity index (χ4v) is 2.79. The van der Waals surface area contributed by atoms with Crippen LogP contribution < -0.4 is 15.6 Å². The van der Waals surface area contributed by atoms with E-state index in [1.165, 1.54) is 0 Å². The summed E-state index contributed by atoms with van der Waals surface area (Å²) in [7, 11) is 1.57. The van der Waals surface area contributed by atoms with Gasteiger partial charge in [0.25, 0.3) is 5.56 Å². The Kier molecular flexibility index (Phi) is 4.43. The number of methoxy groups -OCH3 is 1. The Balaban J connectivity index is 1.67. The lowest BCUT2D eigenvalue weighted by molar-refractivity contribution is 0.415. The van der Waals surface area contributed by atoms with Gasteiger partial charge in [0.2, 0.25) is 5.95 Å². The van der Waals surface area contributed by atoms with Gasteiger partial charge in [0.15, 0.2) is 11.5 Å². The molecule has 0 radical (unpaired) electrons. The average molecular weight is 373 g/mol. The van der Waals surface area contributed by atoms with Gasteiger partial charge in [-0.3, -0.25) is 14.2 Å². The molecule has 28 heavy (non-hydrogen) atoms. The van der Waals surface area contributed by atoms with Crippen molar-refractivity contribution in [3.05, 3.63) is 70.4 Å². The van der Waals surface area contributed by atoms with Crippen LogP contribution in [-0.4, -0.2) is 31.7 Å². The van der Waals surface area contributed by atoms with Gasteiger partial charge in [0.05, 0.1) is 19.3 Å². The molecule has 9 heteroatoms. The second kappa shape index (κ2) is 7.20. The minimum atomic E-state index is -0.517. The third-order valence-corrected chi connectivity index (χ3v) is 4.19. The Hall–Kier alpha value is -4.19. The number of nitrogens with one attached hydrogen (secondary N) is 2. The second-order valence-corrected chi connectivity index (χ2v) is 5.88. The highest BCUT2D eigenvalue weighted by Crippen LogP contribution is 2.23. The lowest BCUT2D eigenvalue weighted by Gasteiger charge is -2.09. The van der Waals surface area contributed by atoms with Gasteiger partial charge in [-0.05, 0) is 36.4 Å². The van der Waals surface area contributed by atoms with Crippen molar-refractivity contribution in [2.75, 3.05) is 12.4 Å². The molecule has 3 heterocycles. The van der Waals surface area contributed by atoms with Gasteiger partial charge in [0, 0.05) is 11.8 Å². The van der Waals surface area contributed by atoms with Gasteiger partial charge in [-0.2, -0.15) is 5.26 Å². The lowest BCUT2D eigenvalue weighted by atomic mass is 10.1. The number of hydrogen-bond donors (Lipinski definition) is 2. The number of nitrogens with zero attached hydrogens (tertiary/aromatic N) is 5. The first-order valence-electron chi connectivity index (χ1n) is 8.41. The first-order valence-corrected chi connectivity index (χ1v) is 8.41. The van der Waals surface area contributed by atoms with Gasteiger partial charge in [-0.15, -0.1) is 10.2 Å². The van der Waals surface area contributed by atoms with E-state index in [0.29, 0.717) is 29.4 Å². The molecule has 0 fully saturated rings. The Morgan fingerprint density at radius 3 is 2.79 bits per heavy atom. The van der Waals surface area contributed by atoms with Crippen molar-refractivity contribution in [1.82, 2.24) is 24.6 Å². The van der Waals surface area contributed by atoms with Crippen LogP contribution in [0.3, 0.4) is 0 Å². The van der Waals surface area contributed by atoms with E-state index < -0.39 is 5.56 Å². The molecule has 0 aliphatic carbocycles. The second-order valence-electron chi connectivity index (χ2n) is 5.88. The lowest BCUT2D eigenvalue weighted by Crippen LogP contribution is -2.18. The zero-order chi connectivity index (χ0) is 19.5. The van der Waals surface area contributed by atoms with Crippen molar-refractivity contribution < 1.29 is 4.74 Å². The van der Waals surface area contributed by atoms with Gasteiger partial charge in [-0.1, -0.05) is 6.07 Å². The number of anilines is 1. The van der Waals surface area contributed by atoms with Crippen molar-refractivity contribution in [3.8, 4) is 23.1 Å². The van der Waals surface area contributed by atoms with Crippen LogP contribution in [-0.2, 0) is 6.54 Å². The van der Waals surface area contributed by atoms with Crippen LogP contribution in [0.15, 0.2) is 53.5 Å². The molecule has 2 N–H and O–H groups in total. The fourth-order valence-electron chi connectivity index (χ4n) is 2.79. The maximum atomic E-state index is 12.3. The van der Waals surface area contributed by atoms with Crippen molar-refractivity contribution in [1.29, 1.82) is 5.26 Å². The third kappa shape index (κ3) is 3.14. The molecule has 0 aliphatic rings. The van der Waals surface area contributed by atoms with Crippen molar-refractivity contribution >= 4 is 11.6 Å². The highest BCUT2D eigenvalue weighted by molar-refractivity contribution is 5.67. The van der Waals surface area contributed by atoms with E-state index in [1.807, 2.05) is 34.9 Å². The maximum Gasteiger partial charge on any atom is 0.270 e. The Bertz CT molecular complexity index is 1240. The molecule has 0 saturated carbocycles. The van der Waals surface area contributed by atoms with Crippen LogP contribution in [0.2, 0.25) is 0 Å². The number of nitriles is 1. The van der Waals surface area contributed by atoms with E-state index in [1.54, 1.807) is 31.4 Å². The number of ether oxygens (including phenoxy) is 1. The average Bonchev–Trinajstić information content (AvgIpc) is 3.15. The first kappa shape index (κ1) is 17.2. The van der Waals surface area contributed by atoms with Gasteiger partial charge in [-0.25, -0.2) is 4.98 Å². The quantitative estimate of drug-likeness (QED) is 0.548. The van der Waals surface area contributed by atoms with Gasteiger partial charge >= 0.3 is 0 Å². The molecule has 0 aliphatic heterocycles. The normalized spacial score (nSPS) is 10.6. The van der Waals surface area contributed by atoms with Crippen molar-refractivity contribution in [3.63, 3.8) is 0 Å². The van der Waals surface area contributed by atoms with E-state index in [2.05, 4.69) is 25.5 Å². The van der Waals surface area contributed by atoms with Gasteiger partial charge < -0.3 is 10.1 Å².